The number of ether oxygens (including phenoxy) is 2. The van der Waals surface area contributed by atoms with Gasteiger partial charge in [0.05, 0.1) is 9.52 Å². The van der Waals surface area contributed by atoms with Crippen LogP contribution in [0.5, 0.6) is 0 Å². The van der Waals surface area contributed by atoms with Crippen LogP contribution in [0.4, 0.5) is 0 Å². The van der Waals surface area contributed by atoms with Crippen LogP contribution in [0, 0.1) is 0 Å². The van der Waals surface area contributed by atoms with E-state index in [-0.39, 0.29) is 5.91 Å². The maximum Gasteiger partial charge on any atom is 0.318 e. The Balaban J connectivity index is 3.83. The maximum atomic E-state index is 5.63. The van der Waals surface area contributed by atoms with Crippen molar-refractivity contribution in [1.82, 2.24) is 0 Å². The van der Waals surface area contributed by atoms with E-state index < -0.39 is 18.8 Å². The molecule has 0 aromatic carbocycles. The highest BCUT2D eigenvalue weighted by Crippen LogP contribution is 2.02. The number of hydrogen-bond donors (Lipinski definition) is 0. The quantitative estimate of drug-likeness (QED) is 0.409. The first-order valence-electron chi connectivity index (χ1n) is 6.24. The van der Waals surface area contributed by atoms with Crippen molar-refractivity contribution in [2.24, 2.45) is 0 Å². The van der Waals surface area contributed by atoms with E-state index >= 15 is 0 Å². The second-order valence-corrected chi connectivity index (χ2v) is 8.34. The van der Waals surface area contributed by atoms with Crippen molar-refractivity contribution in [1.29, 1.82) is 0 Å². The number of hydrogen-bond acceptors (Lipinski definition) is 4. The van der Waals surface area contributed by atoms with Crippen LogP contribution in [0.3, 0.4) is 0 Å². The molecule has 0 aromatic rings. The molecule has 0 bridgehead atoms. The second-order valence-electron chi connectivity index (χ2n) is 3.26. The molecule has 0 radical (unpaired) electrons. The zero-order valence-electron chi connectivity index (χ0n) is 11.0. The fraction of sp³-hybridized carbons (Fsp3) is 1.00. The third kappa shape index (κ3) is 8.43. The van der Waals surface area contributed by atoms with Crippen LogP contribution in [0.2, 0.25) is 5.67 Å². The second kappa shape index (κ2) is 11.8. The Morgan fingerprint density at radius 2 is 1.38 bits per heavy atom. The summed E-state index contributed by atoms with van der Waals surface area (Å²) in [6, 6.07) is 0. The van der Waals surface area contributed by atoms with Crippen molar-refractivity contribution in [2.75, 3.05) is 26.4 Å². The van der Waals surface area contributed by atoms with Crippen molar-refractivity contribution >= 4 is 18.8 Å². The first kappa shape index (κ1) is 16.3. The highest BCUT2D eigenvalue weighted by Gasteiger charge is 2.17. The average Bonchev–Trinajstić information content (AvgIpc) is 2.27. The van der Waals surface area contributed by atoms with Gasteiger partial charge in [-0.3, -0.25) is 0 Å². The maximum absolute atomic E-state index is 5.63. The van der Waals surface area contributed by atoms with Crippen LogP contribution in [0.15, 0.2) is 0 Å². The molecule has 0 spiro atoms. The third-order valence-corrected chi connectivity index (χ3v) is 7.62. The Morgan fingerprint density at radius 1 is 0.875 bits per heavy atom. The van der Waals surface area contributed by atoms with Gasteiger partial charge < -0.3 is 18.3 Å². The lowest BCUT2D eigenvalue weighted by molar-refractivity contribution is -0.0826. The van der Waals surface area contributed by atoms with Gasteiger partial charge in [0.1, 0.15) is 5.91 Å². The molecule has 0 fully saturated rings. The summed E-state index contributed by atoms with van der Waals surface area (Å²) in [4.78, 5) is 0. The molecule has 4 nitrogen and oxygen atoms in total. The van der Waals surface area contributed by atoms with Gasteiger partial charge in [-0.2, -0.15) is 0 Å². The summed E-state index contributed by atoms with van der Waals surface area (Å²) >= 11 is 0. The molecule has 0 heterocycles. The molecule has 0 N–H and O–H groups in total. The minimum Gasteiger partial charge on any atom is -0.397 e. The molecule has 0 rings (SSSR count). The van der Waals surface area contributed by atoms with E-state index in [0.29, 0.717) is 13.2 Å². The minimum atomic E-state index is -1.44. The van der Waals surface area contributed by atoms with Gasteiger partial charge in [0.25, 0.3) is 0 Å². The van der Waals surface area contributed by atoms with Crippen molar-refractivity contribution in [3.05, 3.63) is 0 Å². The van der Waals surface area contributed by atoms with Crippen molar-refractivity contribution in [3.63, 3.8) is 0 Å². The normalized spacial score (nSPS) is 12.4. The third-order valence-electron chi connectivity index (χ3n) is 2.05. The molecule has 0 aliphatic rings. The van der Waals surface area contributed by atoms with Crippen molar-refractivity contribution in [3.8, 4) is 0 Å². The summed E-state index contributed by atoms with van der Waals surface area (Å²) < 4.78 is 22.3. The molecule has 0 amide bonds. The van der Waals surface area contributed by atoms with Crippen LogP contribution in [0.25, 0.3) is 0 Å². The molecule has 16 heavy (non-hydrogen) atoms. The van der Waals surface area contributed by atoms with Gasteiger partial charge in [0.2, 0.25) is 0 Å². The fourth-order valence-corrected chi connectivity index (χ4v) is 6.60. The summed E-state index contributed by atoms with van der Waals surface area (Å²) in [5.74, 6) is 0.0333. The Bertz CT molecular complexity index is 121. The van der Waals surface area contributed by atoms with E-state index in [1.165, 1.54) is 0 Å². The van der Waals surface area contributed by atoms with Crippen LogP contribution in [0.1, 0.15) is 27.7 Å². The molecule has 98 valence electrons. The summed E-state index contributed by atoms with van der Waals surface area (Å²) in [5.41, 5.74) is 1.08. The zero-order chi connectivity index (χ0) is 12.2. The largest absolute Gasteiger partial charge is 0.397 e. The van der Waals surface area contributed by atoms with Gasteiger partial charge in [0.15, 0.2) is 0 Å². The lowest BCUT2D eigenvalue weighted by Crippen LogP contribution is -2.32. The summed E-state index contributed by atoms with van der Waals surface area (Å²) in [6.07, 6.45) is 0. The molecule has 0 aromatic heterocycles. The minimum absolute atomic E-state index is 0.0333. The van der Waals surface area contributed by atoms with Crippen LogP contribution >= 0.6 is 0 Å². The van der Waals surface area contributed by atoms with Gasteiger partial charge in [-0.1, -0.05) is 0 Å². The molecule has 0 aliphatic carbocycles. The van der Waals surface area contributed by atoms with E-state index in [1.807, 2.05) is 27.7 Å². The molecule has 0 saturated carbocycles. The molecular weight excluding hydrogens is 240 g/mol. The average molecular weight is 266 g/mol. The Kier molecular flexibility index (Phi) is 12.0. The van der Waals surface area contributed by atoms with E-state index in [0.717, 1.165) is 18.9 Å². The molecule has 6 heteroatoms. The predicted octanol–water partition coefficient (Wildman–Crippen LogP) is 0.763. The zero-order valence-corrected chi connectivity index (χ0v) is 13.6. The summed E-state index contributed by atoms with van der Waals surface area (Å²) in [5, 5.41) is 0. The lowest BCUT2D eigenvalue weighted by atomic mass is 10.9. The van der Waals surface area contributed by atoms with E-state index in [4.69, 9.17) is 18.3 Å². The number of rotatable bonds is 11. The van der Waals surface area contributed by atoms with Crippen LogP contribution in [-0.4, -0.2) is 51.1 Å². The fourth-order valence-electron chi connectivity index (χ4n) is 1.45. The summed E-state index contributed by atoms with van der Waals surface area (Å²) in [7, 11) is -1.86. The first-order valence-corrected chi connectivity index (χ1v) is 9.82. The Hall–Kier alpha value is 0.274. The van der Waals surface area contributed by atoms with Crippen molar-refractivity contribution < 1.29 is 18.3 Å². The molecule has 0 saturated heterocycles. The van der Waals surface area contributed by atoms with E-state index in [9.17, 15) is 0 Å². The van der Waals surface area contributed by atoms with Gasteiger partial charge in [-0.05, 0) is 33.4 Å². The molecule has 0 aliphatic heterocycles. The summed E-state index contributed by atoms with van der Waals surface area (Å²) in [6.45, 7) is 11.0. The van der Waals surface area contributed by atoms with Crippen LogP contribution in [-0.2, 0) is 18.3 Å². The van der Waals surface area contributed by atoms with Gasteiger partial charge in [0, 0.05) is 26.4 Å². The SMILES string of the molecule is CCOC(OCC)[SiH2]C[SiH](OCC)OCC. The van der Waals surface area contributed by atoms with Crippen LogP contribution < -0.4 is 0 Å². The van der Waals surface area contributed by atoms with Gasteiger partial charge >= 0.3 is 9.28 Å². The predicted molar refractivity (Wildman–Crippen MR) is 70.8 cm³/mol. The lowest BCUT2D eigenvalue weighted by Gasteiger charge is -2.19. The Morgan fingerprint density at radius 3 is 1.75 bits per heavy atom. The van der Waals surface area contributed by atoms with Gasteiger partial charge in [-0.25, -0.2) is 0 Å². The van der Waals surface area contributed by atoms with Crippen molar-refractivity contribution in [2.45, 2.75) is 39.3 Å². The smallest absolute Gasteiger partial charge is 0.318 e. The molecular formula is C10H26O4Si2. The molecule has 0 unspecified atom stereocenters. The standard InChI is InChI=1S/C10H26O4Si2/c1-5-11-10(12-6-2)15-9-16(13-7-3)14-8-4/h10,16H,5-9,15H2,1-4H3. The first-order chi connectivity index (χ1) is 7.78. The monoisotopic (exact) mass is 266 g/mol. The molecule has 0 atom stereocenters. The Labute approximate surface area is 103 Å². The van der Waals surface area contributed by atoms with Gasteiger partial charge in [-0.15, -0.1) is 0 Å². The topological polar surface area (TPSA) is 36.9 Å². The highest BCUT2D eigenvalue weighted by atomic mass is 28.3. The highest BCUT2D eigenvalue weighted by molar-refractivity contribution is 6.61. The van der Waals surface area contributed by atoms with E-state index in [2.05, 4.69) is 0 Å². The van der Waals surface area contributed by atoms with E-state index in [1.54, 1.807) is 0 Å².